The van der Waals surface area contributed by atoms with Crippen molar-refractivity contribution in [1.29, 1.82) is 0 Å². The molecule has 0 aliphatic heterocycles. The van der Waals surface area contributed by atoms with E-state index in [2.05, 4.69) is 15.3 Å². The number of halogens is 2. The van der Waals surface area contributed by atoms with Crippen LogP contribution in [0.3, 0.4) is 0 Å². The molecule has 7 heteroatoms. The molecule has 0 bridgehead atoms. The number of carbonyl (C=O) groups is 1. The third-order valence-electron chi connectivity index (χ3n) is 3.73. The molecule has 128 valence electrons. The zero-order chi connectivity index (χ0) is 18.1. The van der Waals surface area contributed by atoms with E-state index in [1.165, 1.54) is 23.5 Å². The molecule has 0 radical (unpaired) electrons. The van der Waals surface area contributed by atoms with Gasteiger partial charge >= 0.3 is 0 Å². The van der Waals surface area contributed by atoms with E-state index in [4.69, 9.17) is 11.6 Å². The number of benzene rings is 2. The van der Waals surface area contributed by atoms with E-state index in [1.807, 2.05) is 24.3 Å². The molecule has 0 unspecified atom stereocenters. The van der Waals surface area contributed by atoms with E-state index in [0.717, 1.165) is 27.0 Å². The molecule has 1 N–H and O–H groups in total. The number of thiazole rings is 1. The third kappa shape index (κ3) is 3.29. The van der Waals surface area contributed by atoms with E-state index in [9.17, 15) is 9.18 Å². The number of nitrogens with one attached hydrogen (secondary N) is 1. The predicted molar refractivity (Wildman–Crippen MR) is 102 cm³/mol. The topological polar surface area (TPSA) is 54.9 Å². The number of hydrogen-bond donors (Lipinski definition) is 1. The van der Waals surface area contributed by atoms with Crippen LogP contribution in [0.15, 0.2) is 60.8 Å². The Labute approximate surface area is 157 Å². The maximum atomic E-state index is 13.1. The lowest BCUT2D eigenvalue weighted by Crippen LogP contribution is -2.12. The molecule has 2 heterocycles. The van der Waals surface area contributed by atoms with Crippen LogP contribution in [0.1, 0.15) is 10.4 Å². The van der Waals surface area contributed by atoms with E-state index in [0.29, 0.717) is 5.69 Å². The van der Waals surface area contributed by atoms with Crippen molar-refractivity contribution in [1.82, 2.24) is 9.97 Å². The highest BCUT2D eigenvalue weighted by atomic mass is 35.5. The summed E-state index contributed by atoms with van der Waals surface area (Å²) < 4.78 is 13.1. The number of nitrogens with zero attached hydrogens (tertiary/aromatic N) is 2. The third-order valence-corrected chi connectivity index (χ3v) is 5.07. The molecule has 2 aromatic heterocycles. The summed E-state index contributed by atoms with van der Waals surface area (Å²) in [5.74, 6) is -0.881. The van der Waals surface area contributed by atoms with Gasteiger partial charge in [-0.25, -0.2) is 14.4 Å². The molecular formula is C19H11ClFN3OS. The van der Waals surface area contributed by atoms with Crippen LogP contribution in [0.2, 0.25) is 5.02 Å². The van der Waals surface area contributed by atoms with Crippen molar-refractivity contribution < 1.29 is 9.18 Å². The molecule has 0 fully saturated rings. The zero-order valence-corrected chi connectivity index (χ0v) is 14.8. The quantitative estimate of drug-likeness (QED) is 0.515. The minimum Gasteiger partial charge on any atom is -0.322 e. The van der Waals surface area contributed by atoms with Crippen LogP contribution in [0.4, 0.5) is 10.1 Å². The monoisotopic (exact) mass is 383 g/mol. The number of pyridine rings is 1. The Bertz CT molecular complexity index is 1080. The Hall–Kier alpha value is -2.83. The molecular weight excluding hydrogens is 373 g/mol. The molecule has 0 aliphatic rings. The fraction of sp³-hybridized carbons (Fsp3) is 0. The van der Waals surface area contributed by atoms with Crippen LogP contribution < -0.4 is 5.32 Å². The average Bonchev–Trinajstić information content (AvgIpc) is 3.06. The van der Waals surface area contributed by atoms with Crippen molar-refractivity contribution in [2.75, 3.05) is 5.32 Å². The van der Waals surface area contributed by atoms with Gasteiger partial charge in [0, 0.05) is 17.4 Å². The smallest absolute Gasteiger partial charge is 0.257 e. The lowest BCUT2D eigenvalue weighted by molar-refractivity contribution is 0.102. The predicted octanol–water partition coefficient (Wildman–Crippen LogP) is 5.40. The van der Waals surface area contributed by atoms with E-state index in [1.54, 1.807) is 18.3 Å². The number of rotatable bonds is 3. The van der Waals surface area contributed by atoms with Gasteiger partial charge in [-0.05, 0) is 54.6 Å². The highest BCUT2D eigenvalue weighted by Gasteiger charge is 2.12. The molecule has 1 amide bonds. The summed E-state index contributed by atoms with van der Waals surface area (Å²) in [7, 11) is 0. The largest absolute Gasteiger partial charge is 0.322 e. The molecule has 26 heavy (non-hydrogen) atoms. The van der Waals surface area contributed by atoms with Crippen molar-refractivity contribution in [3.8, 4) is 10.6 Å². The van der Waals surface area contributed by atoms with Crippen LogP contribution in [0.25, 0.3) is 20.9 Å². The van der Waals surface area contributed by atoms with Crippen LogP contribution in [-0.4, -0.2) is 15.9 Å². The second-order valence-electron chi connectivity index (χ2n) is 5.50. The highest BCUT2D eigenvalue weighted by Crippen LogP contribution is 2.29. The first-order valence-corrected chi connectivity index (χ1v) is 8.88. The van der Waals surface area contributed by atoms with Crippen molar-refractivity contribution in [3.63, 3.8) is 0 Å². The maximum absolute atomic E-state index is 13.1. The summed E-state index contributed by atoms with van der Waals surface area (Å²) in [6.07, 6.45) is 1.74. The molecule has 0 aliphatic carbocycles. The molecule has 0 atom stereocenters. The zero-order valence-electron chi connectivity index (χ0n) is 13.2. The Morgan fingerprint density at radius 1 is 1.12 bits per heavy atom. The minimum absolute atomic E-state index is 0.0705. The molecule has 0 saturated carbocycles. The van der Waals surface area contributed by atoms with Gasteiger partial charge in [0.2, 0.25) is 0 Å². The van der Waals surface area contributed by atoms with Gasteiger partial charge in [-0.1, -0.05) is 22.9 Å². The second-order valence-corrected chi connectivity index (χ2v) is 6.89. The number of aromatic nitrogens is 2. The summed E-state index contributed by atoms with van der Waals surface area (Å²) in [6, 6.07) is 14.8. The summed E-state index contributed by atoms with van der Waals surface area (Å²) in [4.78, 5) is 22.0. The van der Waals surface area contributed by atoms with Gasteiger partial charge in [-0.3, -0.25) is 4.79 Å². The molecule has 0 saturated heterocycles. The first-order chi connectivity index (χ1) is 12.6. The van der Waals surface area contributed by atoms with Crippen LogP contribution in [0, 0.1) is 5.82 Å². The van der Waals surface area contributed by atoms with Crippen molar-refractivity contribution in [2.24, 2.45) is 0 Å². The van der Waals surface area contributed by atoms with Gasteiger partial charge in [0.05, 0.1) is 10.6 Å². The molecule has 4 nitrogen and oxygen atoms in total. The lowest BCUT2D eigenvalue weighted by Gasteiger charge is -2.07. The molecule has 0 spiro atoms. The fourth-order valence-electron chi connectivity index (χ4n) is 2.46. The van der Waals surface area contributed by atoms with Gasteiger partial charge in [-0.2, -0.15) is 0 Å². The number of carbonyl (C=O) groups excluding carboxylic acids is 1. The Morgan fingerprint density at radius 2 is 1.92 bits per heavy atom. The first-order valence-electron chi connectivity index (χ1n) is 7.68. The molecule has 4 rings (SSSR count). The van der Waals surface area contributed by atoms with Crippen LogP contribution in [-0.2, 0) is 0 Å². The fourth-order valence-corrected chi connectivity index (χ4v) is 3.63. The Morgan fingerprint density at radius 3 is 2.65 bits per heavy atom. The number of fused-ring (bicyclic) bond motifs is 1. The van der Waals surface area contributed by atoms with Crippen molar-refractivity contribution in [2.45, 2.75) is 0 Å². The van der Waals surface area contributed by atoms with Crippen LogP contribution >= 0.6 is 22.9 Å². The van der Waals surface area contributed by atoms with Crippen molar-refractivity contribution in [3.05, 3.63) is 77.2 Å². The summed E-state index contributed by atoms with van der Waals surface area (Å²) >= 11 is 7.43. The van der Waals surface area contributed by atoms with E-state index >= 15 is 0 Å². The van der Waals surface area contributed by atoms with Gasteiger partial charge in [0.15, 0.2) is 0 Å². The summed E-state index contributed by atoms with van der Waals surface area (Å²) in [6.45, 7) is 0. The number of anilines is 1. The maximum Gasteiger partial charge on any atom is 0.257 e. The van der Waals surface area contributed by atoms with E-state index in [-0.39, 0.29) is 10.6 Å². The standard InChI is InChI=1S/C19H11ClFN3OS/c20-15-10-12(21)5-8-14(15)17(25)23-13-6-3-11(4-7-13)18-24-16-2-1-9-22-19(16)26-18/h1-10H,(H,23,25). The van der Waals surface area contributed by atoms with Gasteiger partial charge in [-0.15, -0.1) is 0 Å². The normalized spacial score (nSPS) is 10.8. The summed E-state index contributed by atoms with van der Waals surface area (Å²) in [5.41, 5.74) is 2.62. The number of hydrogen-bond acceptors (Lipinski definition) is 4. The van der Waals surface area contributed by atoms with Crippen LogP contribution in [0.5, 0.6) is 0 Å². The molecule has 2 aromatic carbocycles. The Balaban J connectivity index is 1.55. The minimum atomic E-state index is -0.485. The van der Waals surface area contributed by atoms with Crippen molar-refractivity contribution >= 4 is 44.9 Å². The number of amides is 1. The van der Waals surface area contributed by atoms with Gasteiger partial charge in [0.25, 0.3) is 5.91 Å². The lowest BCUT2D eigenvalue weighted by atomic mass is 10.2. The van der Waals surface area contributed by atoms with E-state index < -0.39 is 11.7 Å². The van der Waals surface area contributed by atoms with Gasteiger partial charge < -0.3 is 5.32 Å². The molecule has 4 aromatic rings. The average molecular weight is 384 g/mol. The highest BCUT2D eigenvalue weighted by molar-refractivity contribution is 7.21. The first kappa shape index (κ1) is 16.6. The van der Waals surface area contributed by atoms with Gasteiger partial charge in [0.1, 0.15) is 21.2 Å². The Kier molecular flexibility index (Phi) is 4.36. The SMILES string of the molecule is O=C(Nc1ccc(-c2nc3cccnc3s2)cc1)c1ccc(F)cc1Cl. The summed E-state index contributed by atoms with van der Waals surface area (Å²) in [5, 5.41) is 3.68. The second kappa shape index (κ2) is 6.82.